The Labute approximate surface area is 210 Å². The standard InChI is InChI=1S/C28H28FN3O3S/c1-20-6-8-21(9-7-20)28(22-10-12-23(29)13-11-22)35-30-24-14-18-32(19-15-24)36(33,34)27-5-3-4-26-25(27)16-17-31(26)2/h3-13,16-17,28H,14-15,18-19H2,1-2H3. The van der Waals surface area contributed by atoms with E-state index < -0.39 is 16.1 Å². The summed E-state index contributed by atoms with van der Waals surface area (Å²) in [4.78, 5) is 6.32. The van der Waals surface area contributed by atoms with Crippen LogP contribution in [0.3, 0.4) is 0 Å². The monoisotopic (exact) mass is 505 g/mol. The van der Waals surface area contributed by atoms with Gasteiger partial charge in [0.05, 0.1) is 10.6 Å². The van der Waals surface area contributed by atoms with E-state index in [-0.39, 0.29) is 5.82 Å². The minimum absolute atomic E-state index is 0.313. The van der Waals surface area contributed by atoms with Crippen LogP contribution in [0, 0.1) is 12.7 Å². The van der Waals surface area contributed by atoms with E-state index in [0.717, 1.165) is 33.3 Å². The van der Waals surface area contributed by atoms with Gasteiger partial charge in [0.1, 0.15) is 5.82 Å². The van der Waals surface area contributed by atoms with Crippen LogP contribution in [0.1, 0.15) is 35.6 Å². The SMILES string of the molecule is Cc1ccc(C(ON=C2CCN(S(=O)(=O)c3cccc4c3ccn4C)CC2)c2ccc(F)cc2)cc1. The van der Waals surface area contributed by atoms with Gasteiger partial charge in [-0.2, -0.15) is 4.31 Å². The van der Waals surface area contributed by atoms with Gasteiger partial charge >= 0.3 is 0 Å². The van der Waals surface area contributed by atoms with E-state index in [2.05, 4.69) is 5.16 Å². The summed E-state index contributed by atoms with van der Waals surface area (Å²) in [6, 6.07) is 21.3. The first-order chi connectivity index (χ1) is 17.3. The Bertz CT molecular complexity index is 1450. The van der Waals surface area contributed by atoms with Crippen LogP contribution >= 0.6 is 0 Å². The van der Waals surface area contributed by atoms with Crippen molar-refractivity contribution in [2.75, 3.05) is 13.1 Å². The van der Waals surface area contributed by atoms with Crippen molar-refractivity contribution in [1.82, 2.24) is 8.87 Å². The quantitative estimate of drug-likeness (QED) is 0.322. The predicted octanol–water partition coefficient (Wildman–Crippen LogP) is 5.57. The van der Waals surface area contributed by atoms with Crippen molar-refractivity contribution >= 4 is 26.6 Å². The molecule has 6 nitrogen and oxygen atoms in total. The highest BCUT2D eigenvalue weighted by molar-refractivity contribution is 7.89. The molecule has 0 bridgehead atoms. The third kappa shape index (κ3) is 4.79. The highest BCUT2D eigenvalue weighted by Gasteiger charge is 2.30. The minimum atomic E-state index is -3.64. The van der Waals surface area contributed by atoms with Crippen LogP contribution in [-0.4, -0.2) is 36.1 Å². The summed E-state index contributed by atoms with van der Waals surface area (Å²) in [6.07, 6.45) is 2.34. The lowest BCUT2D eigenvalue weighted by Crippen LogP contribution is -2.38. The molecule has 1 aliphatic heterocycles. The second-order valence-electron chi connectivity index (χ2n) is 9.12. The van der Waals surface area contributed by atoms with Crippen LogP contribution in [0.25, 0.3) is 10.9 Å². The Morgan fingerprint density at radius 3 is 2.22 bits per heavy atom. The van der Waals surface area contributed by atoms with E-state index in [1.54, 1.807) is 24.3 Å². The molecule has 1 saturated heterocycles. The molecule has 0 radical (unpaired) electrons. The molecule has 0 amide bonds. The molecule has 186 valence electrons. The molecular formula is C28H28FN3O3S. The summed E-state index contributed by atoms with van der Waals surface area (Å²) in [6.45, 7) is 2.68. The number of rotatable bonds is 6. The summed E-state index contributed by atoms with van der Waals surface area (Å²) in [5.74, 6) is -0.313. The Balaban J connectivity index is 1.33. The van der Waals surface area contributed by atoms with Crippen molar-refractivity contribution in [2.24, 2.45) is 12.2 Å². The van der Waals surface area contributed by atoms with Crippen LogP contribution in [-0.2, 0) is 21.9 Å². The second kappa shape index (κ2) is 9.87. The van der Waals surface area contributed by atoms with Gasteiger partial charge in [0.15, 0.2) is 6.10 Å². The molecule has 0 saturated carbocycles. The maximum atomic E-state index is 13.5. The van der Waals surface area contributed by atoms with Crippen LogP contribution in [0.4, 0.5) is 4.39 Å². The average Bonchev–Trinajstić information content (AvgIpc) is 3.27. The number of fused-ring (bicyclic) bond motifs is 1. The smallest absolute Gasteiger partial charge is 0.243 e. The van der Waals surface area contributed by atoms with Gasteiger partial charge in [0, 0.05) is 50.1 Å². The van der Waals surface area contributed by atoms with Crippen LogP contribution in [0.2, 0.25) is 0 Å². The highest BCUT2D eigenvalue weighted by Crippen LogP contribution is 2.30. The first-order valence-corrected chi connectivity index (χ1v) is 13.3. The number of halogens is 1. The van der Waals surface area contributed by atoms with E-state index in [1.165, 1.54) is 16.4 Å². The number of sulfonamides is 1. The molecule has 1 aromatic heterocycles. The fourth-order valence-electron chi connectivity index (χ4n) is 4.53. The van der Waals surface area contributed by atoms with Crippen molar-refractivity contribution < 1.29 is 17.6 Å². The Morgan fingerprint density at radius 1 is 0.917 bits per heavy atom. The van der Waals surface area contributed by atoms with Crippen molar-refractivity contribution in [3.63, 3.8) is 0 Å². The summed E-state index contributed by atoms with van der Waals surface area (Å²) in [5, 5.41) is 5.15. The number of hydrogen-bond donors (Lipinski definition) is 0. The van der Waals surface area contributed by atoms with Crippen LogP contribution in [0.15, 0.2) is 89.0 Å². The molecule has 4 aromatic rings. The normalized spacial score (nSPS) is 15.7. The molecular weight excluding hydrogens is 477 g/mol. The van der Waals surface area contributed by atoms with Crippen molar-refractivity contribution in [2.45, 2.75) is 30.8 Å². The summed E-state index contributed by atoms with van der Waals surface area (Å²) >= 11 is 0. The highest BCUT2D eigenvalue weighted by atomic mass is 32.2. The summed E-state index contributed by atoms with van der Waals surface area (Å²) < 4.78 is 43.8. The number of nitrogens with zero attached hydrogens (tertiary/aromatic N) is 3. The third-order valence-electron chi connectivity index (χ3n) is 6.65. The van der Waals surface area contributed by atoms with Gasteiger partial charge in [-0.05, 0) is 48.4 Å². The molecule has 0 aliphatic carbocycles. The van der Waals surface area contributed by atoms with Crippen molar-refractivity contribution in [3.05, 3.63) is 102 Å². The number of piperidine rings is 1. The zero-order valence-electron chi connectivity index (χ0n) is 20.3. The van der Waals surface area contributed by atoms with Gasteiger partial charge in [-0.3, -0.25) is 0 Å². The van der Waals surface area contributed by atoms with E-state index in [1.807, 2.05) is 61.1 Å². The molecule has 2 heterocycles. The molecule has 0 N–H and O–H groups in total. The number of hydrogen-bond acceptors (Lipinski definition) is 4. The lowest BCUT2D eigenvalue weighted by atomic mass is 10.0. The van der Waals surface area contributed by atoms with Gasteiger partial charge in [-0.1, -0.05) is 53.2 Å². The topological polar surface area (TPSA) is 63.9 Å². The molecule has 5 rings (SSSR count). The maximum absolute atomic E-state index is 13.5. The molecule has 1 aliphatic rings. The van der Waals surface area contributed by atoms with E-state index >= 15 is 0 Å². The van der Waals surface area contributed by atoms with Crippen molar-refractivity contribution in [3.8, 4) is 0 Å². The van der Waals surface area contributed by atoms with Crippen LogP contribution in [0.5, 0.6) is 0 Å². The molecule has 3 aromatic carbocycles. The average molecular weight is 506 g/mol. The maximum Gasteiger partial charge on any atom is 0.243 e. The minimum Gasteiger partial charge on any atom is -0.383 e. The lowest BCUT2D eigenvalue weighted by Gasteiger charge is -2.27. The third-order valence-corrected chi connectivity index (χ3v) is 8.60. The van der Waals surface area contributed by atoms with Gasteiger partial charge < -0.3 is 9.40 Å². The molecule has 36 heavy (non-hydrogen) atoms. The fraction of sp³-hybridized carbons (Fsp3) is 0.250. The lowest BCUT2D eigenvalue weighted by molar-refractivity contribution is 0.0856. The Kier molecular flexibility index (Phi) is 6.64. The Morgan fingerprint density at radius 2 is 1.56 bits per heavy atom. The number of benzene rings is 3. The van der Waals surface area contributed by atoms with Crippen LogP contribution < -0.4 is 0 Å². The molecule has 8 heteroatoms. The van der Waals surface area contributed by atoms with E-state index in [9.17, 15) is 12.8 Å². The molecule has 0 spiro atoms. The summed E-state index contributed by atoms with van der Waals surface area (Å²) in [7, 11) is -1.73. The molecule has 1 fully saturated rings. The first-order valence-electron chi connectivity index (χ1n) is 11.9. The van der Waals surface area contributed by atoms with Gasteiger partial charge in [0.2, 0.25) is 10.0 Å². The number of aromatic nitrogens is 1. The first kappa shape index (κ1) is 24.2. The molecule has 1 atom stereocenters. The zero-order valence-corrected chi connectivity index (χ0v) is 21.1. The van der Waals surface area contributed by atoms with Gasteiger partial charge in [-0.25, -0.2) is 12.8 Å². The Hall–Kier alpha value is -3.49. The second-order valence-corrected chi connectivity index (χ2v) is 11.0. The van der Waals surface area contributed by atoms with Gasteiger partial charge in [-0.15, -0.1) is 0 Å². The molecule has 1 unspecified atom stereocenters. The number of aryl methyl sites for hydroxylation is 2. The van der Waals surface area contributed by atoms with E-state index in [0.29, 0.717) is 30.8 Å². The predicted molar refractivity (Wildman–Crippen MR) is 139 cm³/mol. The number of oxime groups is 1. The van der Waals surface area contributed by atoms with E-state index in [4.69, 9.17) is 4.84 Å². The fourth-order valence-corrected chi connectivity index (χ4v) is 6.18. The largest absolute Gasteiger partial charge is 0.383 e. The van der Waals surface area contributed by atoms with Crippen molar-refractivity contribution in [1.29, 1.82) is 0 Å². The summed E-state index contributed by atoms with van der Waals surface area (Å²) in [5.41, 5.74) is 4.51. The van der Waals surface area contributed by atoms with Gasteiger partial charge in [0.25, 0.3) is 0 Å². The zero-order chi connectivity index (χ0) is 25.3.